The molecule has 1 aliphatic rings. The van der Waals surface area contributed by atoms with Gasteiger partial charge in [0.1, 0.15) is 0 Å². The molecule has 1 heterocycles. The maximum atomic E-state index is 12.9. The van der Waals surface area contributed by atoms with E-state index in [9.17, 15) is 4.79 Å². The summed E-state index contributed by atoms with van der Waals surface area (Å²) < 4.78 is 6.76. The van der Waals surface area contributed by atoms with Crippen molar-refractivity contribution in [3.05, 3.63) is 79.7 Å². The number of hydrogen-bond donors (Lipinski definition) is 0. The standard InChI is InChI=1S/C16H15IN4O/c1-16(2,12-8-4-3-5-9-12)21-15(22)13-10-6-7-11-14(13)17(21)19-20-18/h3-11H,1-2H3. The van der Waals surface area contributed by atoms with E-state index in [-0.39, 0.29) is 5.91 Å². The number of azide groups is 1. The number of fused-ring (bicyclic) bond motifs is 1. The van der Waals surface area contributed by atoms with Crippen molar-refractivity contribution in [2.24, 2.45) is 3.33 Å². The summed E-state index contributed by atoms with van der Waals surface area (Å²) in [5.41, 5.74) is 10.1. The number of benzene rings is 2. The molecular weight excluding hydrogens is 391 g/mol. The van der Waals surface area contributed by atoms with Crippen LogP contribution in [0.25, 0.3) is 10.4 Å². The first-order valence-corrected chi connectivity index (χ1v) is 9.82. The van der Waals surface area contributed by atoms with Gasteiger partial charge in [-0.05, 0) is 0 Å². The second-order valence-corrected chi connectivity index (χ2v) is 9.36. The van der Waals surface area contributed by atoms with E-state index in [1.165, 1.54) is 0 Å². The average molecular weight is 406 g/mol. The van der Waals surface area contributed by atoms with Gasteiger partial charge < -0.3 is 0 Å². The molecule has 1 aliphatic heterocycles. The molecule has 112 valence electrons. The van der Waals surface area contributed by atoms with Crippen molar-refractivity contribution in [2.45, 2.75) is 19.4 Å². The topological polar surface area (TPSA) is 69.1 Å². The zero-order valence-electron chi connectivity index (χ0n) is 12.3. The summed E-state index contributed by atoms with van der Waals surface area (Å²) in [5.74, 6) is -0.0398. The van der Waals surface area contributed by atoms with Gasteiger partial charge in [0.25, 0.3) is 0 Å². The molecule has 0 aliphatic carbocycles. The van der Waals surface area contributed by atoms with Crippen LogP contribution in [0.5, 0.6) is 0 Å². The molecule has 2 aromatic carbocycles. The Bertz CT molecular complexity index is 769. The van der Waals surface area contributed by atoms with E-state index in [1.807, 2.05) is 71.6 Å². The SMILES string of the molecule is CC(C)(c1ccccc1)N1C(=O)c2ccccc2I1N=[N+]=[N-]. The molecule has 0 radical (unpaired) electrons. The average Bonchev–Trinajstić information content (AvgIpc) is 2.82. The molecule has 3 rings (SSSR count). The molecule has 22 heavy (non-hydrogen) atoms. The Morgan fingerprint density at radius 1 is 1.09 bits per heavy atom. The number of nitrogens with zero attached hydrogens (tertiary/aromatic N) is 4. The van der Waals surface area contributed by atoms with Crippen LogP contribution in [-0.4, -0.2) is 9.02 Å². The van der Waals surface area contributed by atoms with Crippen LogP contribution in [0.1, 0.15) is 29.8 Å². The summed E-state index contributed by atoms with van der Waals surface area (Å²) in [5, 5.41) is 0. The van der Waals surface area contributed by atoms with Gasteiger partial charge in [0, 0.05) is 0 Å². The zero-order chi connectivity index (χ0) is 15.7. The fourth-order valence-corrected chi connectivity index (χ4v) is 7.25. The Balaban J connectivity index is 2.14. The molecule has 0 atom stereocenters. The van der Waals surface area contributed by atoms with Gasteiger partial charge in [-0.1, -0.05) is 0 Å². The third-order valence-electron chi connectivity index (χ3n) is 3.70. The van der Waals surface area contributed by atoms with Crippen LogP contribution < -0.4 is 0 Å². The summed E-state index contributed by atoms with van der Waals surface area (Å²) in [7, 11) is 0. The van der Waals surface area contributed by atoms with Gasteiger partial charge in [-0.3, -0.25) is 0 Å². The van der Waals surface area contributed by atoms with Gasteiger partial charge in [0.05, 0.1) is 0 Å². The van der Waals surface area contributed by atoms with Crippen LogP contribution in [0.15, 0.2) is 57.9 Å². The van der Waals surface area contributed by atoms with Crippen molar-refractivity contribution >= 4 is 26.3 Å². The van der Waals surface area contributed by atoms with Gasteiger partial charge in [0.15, 0.2) is 0 Å². The molecule has 0 fully saturated rings. The Morgan fingerprint density at radius 2 is 1.73 bits per heavy atom. The number of amides is 1. The molecule has 6 heteroatoms. The first-order valence-electron chi connectivity index (χ1n) is 6.82. The maximum absolute atomic E-state index is 12.9. The Hall–Kier alpha value is -2.05. The predicted octanol–water partition coefficient (Wildman–Crippen LogP) is 4.89. The van der Waals surface area contributed by atoms with E-state index >= 15 is 0 Å². The van der Waals surface area contributed by atoms with Gasteiger partial charge in [0.2, 0.25) is 0 Å². The van der Waals surface area contributed by atoms with Crippen LogP contribution in [0.4, 0.5) is 0 Å². The molecule has 0 N–H and O–H groups in total. The Kier molecular flexibility index (Phi) is 3.80. The fourth-order valence-electron chi connectivity index (χ4n) is 2.57. The molecule has 0 saturated carbocycles. The molecular formula is C16H15IN4O. The first kappa shape index (κ1) is 14.9. The van der Waals surface area contributed by atoms with Crippen LogP contribution in [0.2, 0.25) is 0 Å². The van der Waals surface area contributed by atoms with E-state index in [1.54, 1.807) is 0 Å². The van der Waals surface area contributed by atoms with Crippen molar-refractivity contribution in [3.8, 4) is 0 Å². The molecule has 0 bridgehead atoms. The Morgan fingerprint density at radius 3 is 2.41 bits per heavy atom. The molecule has 0 unspecified atom stereocenters. The summed E-state index contributed by atoms with van der Waals surface area (Å²) in [6, 6.07) is 17.3. The van der Waals surface area contributed by atoms with Crippen LogP contribution in [0.3, 0.4) is 0 Å². The first-order chi connectivity index (χ1) is 10.6. The predicted molar refractivity (Wildman–Crippen MR) is 93.9 cm³/mol. The van der Waals surface area contributed by atoms with Crippen LogP contribution in [0, 0.1) is 3.57 Å². The number of carbonyl (C=O) groups is 1. The van der Waals surface area contributed by atoms with Crippen molar-refractivity contribution in [1.82, 2.24) is 3.11 Å². The summed E-state index contributed by atoms with van der Waals surface area (Å²) in [6.45, 7) is 4.01. The van der Waals surface area contributed by atoms with Crippen LogP contribution >= 0.6 is 20.4 Å². The van der Waals surface area contributed by atoms with E-state index in [0.717, 1.165) is 9.13 Å². The minimum absolute atomic E-state index is 0.0398. The fraction of sp³-hybridized carbons (Fsp3) is 0.188. The summed E-state index contributed by atoms with van der Waals surface area (Å²) >= 11 is -2.46. The van der Waals surface area contributed by atoms with E-state index in [2.05, 4.69) is 8.24 Å². The summed E-state index contributed by atoms with van der Waals surface area (Å²) in [6.07, 6.45) is 0. The van der Waals surface area contributed by atoms with Crippen molar-refractivity contribution in [2.75, 3.05) is 0 Å². The number of carbonyl (C=O) groups excluding carboxylic acids is 1. The number of hydrogen-bond acceptors (Lipinski definition) is 2. The number of rotatable bonds is 3. The van der Waals surface area contributed by atoms with Gasteiger partial charge >= 0.3 is 137 Å². The van der Waals surface area contributed by atoms with Gasteiger partial charge in [-0.15, -0.1) is 0 Å². The third-order valence-corrected chi connectivity index (χ3v) is 8.84. The second kappa shape index (κ2) is 5.62. The van der Waals surface area contributed by atoms with Crippen molar-refractivity contribution in [1.29, 1.82) is 0 Å². The quantitative estimate of drug-likeness (QED) is 0.235. The molecule has 1 amide bonds. The van der Waals surface area contributed by atoms with E-state index in [4.69, 9.17) is 5.53 Å². The molecule has 5 nitrogen and oxygen atoms in total. The zero-order valence-corrected chi connectivity index (χ0v) is 14.4. The third kappa shape index (κ3) is 2.24. The van der Waals surface area contributed by atoms with E-state index in [0.29, 0.717) is 5.56 Å². The molecule has 0 aromatic heterocycles. The minimum atomic E-state index is -2.46. The summed E-state index contributed by atoms with van der Waals surface area (Å²) in [4.78, 5) is 15.9. The monoisotopic (exact) mass is 406 g/mol. The van der Waals surface area contributed by atoms with E-state index < -0.39 is 25.9 Å². The van der Waals surface area contributed by atoms with Gasteiger partial charge in [-0.25, -0.2) is 0 Å². The molecule has 2 aromatic rings. The van der Waals surface area contributed by atoms with Crippen LogP contribution in [-0.2, 0) is 5.54 Å². The van der Waals surface area contributed by atoms with Gasteiger partial charge in [-0.2, -0.15) is 0 Å². The molecule has 0 saturated heterocycles. The normalized spacial score (nSPS) is 15.5. The van der Waals surface area contributed by atoms with Crippen molar-refractivity contribution in [3.63, 3.8) is 0 Å². The molecule has 0 spiro atoms. The van der Waals surface area contributed by atoms with Crippen molar-refractivity contribution < 1.29 is 4.79 Å². The number of halogens is 1. The Labute approximate surface area is 136 Å². The second-order valence-electron chi connectivity index (χ2n) is 5.40.